The molecule has 0 unspecified atom stereocenters. The van der Waals surface area contributed by atoms with E-state index in [-0.39, 0.29) is 24.1 Å². The summed E-state index contributed by atoms with van der Waals surface area (Å²) < 4.78 is 40.6. The quantitative estimate of drug-likeness (QED) is 0.593. The number of carbonyl (C=O) groups excluding carboxylic acids is 2. The van der Waals surface area contributed by atoms with Gasteiger partial charge in [0.15, 0.2) is 0 Å². The molecule has 2 amide bonds. The highest BCUT2D eigenvalue weighted by Gasteiger charge is 2.31. The van der Waals surface area contributed by atoms with Gasteiger partial charge in [0.2, 0.25) is 5.91 Å². The minimum atomic E-state index is -4.77. The molecule has 0 bridgehead atoms. The van der Waals surface area contributed by atoms with Crippen molar-refractivity contribution in [3.63, 3.8) is 0 Å². The van der Waals surface area contributed by atoms with Crippen molar-refractivity contribution in [3.05, 3.63) is 59.4 Å². The van der Waals surface area contributed by atoms with Crippen LogP contribution >= 0.6 is 0 Å². The molecule has 1 aliphatic heterocycles. The molecule has 35 heavy (non-hydrogen) atoms. The first-order chi connectivity index (χ1) is 16.6. The Balaban J connectivity index is 1.28. The SMILES string of the molecule is Cc1nc2ccc(C(=O)N3CCN(CC(=O)Nc4ccc(OC(F)(F)F)cc4)CC3)cc2nc1C. The lowest BCUT2D eigenvalue weighted by molar-refractivity contribution is -0.274. The van der Waals surface area contributed by atoms with Crippen molar-refractivity contribution in [2.45, 2.75) is 20.2 Å². The highest BCUT2D eigenvalue weighted by atomic mass is 19.4. The minimum absolute atomic E-state index is 0.0998. The summed E-state index contributed by atoms with van der Waals surface area (Å²) in [5.74, 6) is -0.759. The van der Waals surface area contributed by atoms with E-state index in [0.717, 1.165) is 29.0 Å². The van der Waals surface area contributed by atoms with Crippen LogP contribution in [0.25, 0.3) is 11.0 Å². The Bertz CT molecular complexity index is 1240. The van der Waals surface area contributed by atoms with Gasteiger partial charge in [-0.15, -0.1) is 13.2 Å². The second kappa shape index (κ2) is 9.87. The minimum Gasteiger partial charge on any atom is -0.406 e. The first kappa shape index (κ1) is 24.4. The van der Waals surface area contributed by atoms with Gasteiger partial charge in [0.1, 0.15) is 5.75 Å². The van der Waals surface area contributed by atoms with E-state index in [2.05, 4.69) is 20.0 Å². The van der Waals surface area contributed by atoms with Crippen LogP contribution in [0.4, 0.5) is 18.9 Å². The van der Waals surface area contributed by atoms with Gasteiger partial charge in [0.25, 0.3) is 5.91 Å². The first-order valence-corrected chi connectivity index (χ1v) is 11.0. The average Bonchev–Trinajstić information content (AvgIpc) is 2.80. The number of nitrogens with zero attached hydrogens (tertiary/aromatic N) is 4. The Morgan fingerprint density at radius 2 is 1.57 bits per heavy atom. The van der Waals surface area contributed by atoms with E-state index in [9.17, 15) is 22.8 Å². The van der Waals surface area contributed by atoms with E-state index < -0.39 is 6.36 Å². The average molecular weight is 487 g/mol. The van der Waals surface area contributed by atoms with Crippen molar-refractivity contribution < 1.29 is 27.5 Å². The van der Waals surface area contributed by atoms with Crippen molar-refractivity contribution in [1.29, 1.82) is 0 Å². The fourth-order valence-corrected chi connectivity index (χ4v) is 3.80. The van der Waals surface area contributed by atoms with Crippen molar-refractivity contribution in [2.75, 3.05) is 38.0 Å². The third kappa shape index (κ3) is 6.24. The Hall–Kier alpha value is -3.73. The van der Waals surface area contributed by atoms with Crippen LogP contribution in [0.5, 0.6) is 5.75 Å². The zero-order valence-corrected chi connectivity index (χ0v) is 19.2. The highest BCUT2D eigenvalue weighted by molar-refractivity contribution is 5.97. The van der Waals surface area contributed by atoms with Gasteiger partial charge in [-0.2, -0.15) is 0 Å². The summed E-state index contributed by atoms with van der Waals surface area (Å²) in [4.78, 5) is 38.0. The van der Waals surface area contributed by atoms with Crippen LogP contribution in [-0.4, -0.2) is 70.7 Å². The molecule has 4 rings (SSSR count). The summed E-state index contributed by atoms with van der Waals surface area (Å²) in [6.45, 7) is 5.84. The second-order valence-electron chi connectivity index (χ2n) is 8.29. The normalized spacial score (nSPS) is 14.7. The molecule has 2 aromatic carbocycles. The number of hydrogen-bond acceptors (Lipinski definition) is 6. The monoisotopic (exact) mass is 487 g/mol. The summed E-state index contributed by atoms with van der Waals surface area (Å²) >= 11 is 0. The fraction of sp³-hybridized carbons (Fsp3) is 0.333. The number of amides is 2. The number of alkyl halides is 3. The molecule has 2 heterocycles. The summed E-state index contributed by atoms with van der Waals surface area (Å²) in [7, 11) is 0. The van der Waals surface area contributed by atoms with Gasteiger partial charge < -0.3 is 15.0 Å². The largest absolute Gasteiger partial charge is 0.573 e. The van der Waals surface area contributed by atoms with Crippen LogP contribution < -0.4 is 10.1 Å². The number of aromatic nitrogens is 2. The fourth-order valence-electron chi connectivity index (χ4n) is 3.80. The van der Waals surface area contributed by atoms with E-state index in [1.54, 1.807) is 23.1 Å². The number of carbonyl (C=O) groups is 2. The lowest BCUT2D eigenvalue weighted by atomic mass is 10.1. The molecule has 8 nitrogen and oxygen atoms in total. The molecule has 0 radical (unpaired) electrons. The van der Waals surface area contributed by atoms with Gasteiger partial charge in [0, 0.05) is 37.4 Å². The number of anilines is 1. The number of halogens is 3. The molecule has 1 fully saturated rings. The predicted octanol–water partition coefficient (Wildman–Crippen LogP) is 3.54. The summed E-state index contributed by atoms with van der Waals surface area (Å²) in [6.07, 6.45) is -4.77. The molecule has 1 aliphatic rings. The molecule has 1 aromatic heterocycles. The highest BCUT2D eigenvalue weighted by Crippen LogP contribution is 2.24. The molecule has 1 saturated heterocycles. The Morgan fingerprint density at radius 3 is 2.20 bits per heavy atom. The van der Waals surface area contributed by atoms with Gasteiger partial charge >= 0.3 is 6.36 Å². The Kier molecular flexibility index (Phi) is 6.88. The van der Waals surface area contributed by atoms with Crippen LogP contribution in [0.15, 0.2) is 42.5 Å². The number of hydrogen-bond donors (Lipinski definition) is 1. The number of rotatable bonds is 5. The number of piperazine rings is 1. The number of nitrogens with one attached hydrogen (secondary N) is 1. The second-order valence-corrected chi connectivity index (χ2v) is 8.29. The number of ether oxygens (including phenoxy) is 1. The third-order valence-corrected chi connectivity index (χ3v) is 5.72. The maximum absolute atomic E-state index is 13.0. The van der Waals surface area contributed by atoms with Crippen molar-refractivity contribution in [3.8, 4) is 5.75 Å². The number of aryl methyl sites for hydroxylation is 2. The van der Waals surface area contributed by atoms with Crippen LogP contribution in [0, 0.1) is 13.8 Å². The van der Waals surface area contributed by atoms with Crippen molar-refractivity contribution in [2.24, 2.45) is 0 Å². The van der Waals surface area contributed by atoms with E-state index in [1.165, 1.54) is 12.1 Å². The third-order valence-electron chi connectivity index (χ3n) is 5.72. The zero-order chi connectivity index (χ0) is 25.2. The predicted molar refractivity (Wildman–Crippen MR) is 123 cm³/mol. The number of fused-ring (bicyclic) bond motifs is 1. The molecule has 0 aliphatic carbocycles. The molecule has 0 atom stereocenters. The maximum atomic E-state index is 13.0. The molecular weight excluding hydrogens is 463 g/mol. The molecule has 0 spiro atoms. The maximum Gasteiger partial charge on any atom is 0.573 e. The lowest BCUT2D eigenvalue weighted by Gasteiger charge is -2.34. The Labute approximate surface area is 199 Å². The van der Waals surface area contributed by atoms with Gasteiger partial charge in [-0.05, 0) is 56.3 Å². The lowest BCUT2D eigenvalue weighted by Crippen LogP contribution is -2.50. The van der Waals surface area contributed by atoms with Crippen LogP contribution in [0.2, 0.25) is 0 Å². The molecule has 1 N–H and O–H groups in total. The van der Waals surface area contributed by atoms with Crippen LogP contribution in [0.3, 0.4) is 0 Å². The van der Waals surface area contributed by atoms with E-state index in [4.69, 9.17) is 0 Å². The van der Waals surface area contributed by atoms with Gasteiger partial charge in [0.05, 0.1) is 29.0 Å². The summed E-state index contributed by atoms with van der Waals surface area (Å²) in [6, 6.07) is 10.2. The summed E-state index contributed by atoms with van der Waals surface area (Å²) in [5.41, 5.74) is 3.99. The smallest absolute Gasteiger partial charge is 0.406 e. The number of benzene rings is 2. The molecule has 3 aromatic rings. The van der Waals surface area contributed by atoms with Crippen molar-refractivity contribution in [1.82, 2.24) is 19.8 Å². The summed E-state index contributed by atoms with van der Waals surface area (Å²) in [5, 5.41) is 2.65. The van der Waals surface area contributed by atoms with Crippen LogP contribution in [0.1, 0.15) is 21.7 Å². The van der Waals surface area contributed by atoms with Gasteiger partial charge in [-0.1, -0.05) is 0 Å². The molecule has 184 valence electrons. The van der Waals surface area contributed by atoms with Gasteiger partial charge in [-0.3, -0.25) is 14.5 Å². The molecular formula is C24H24F3N5O3. The molecule has 0 saturated carbocycles. The molecule has 11 heteroatoms. The van der Waals surface area contributed by atoms with Crippen LogP contribution in [-0.2, 0) is 4.79 Å². The van der Waals surface area contributed by atoms with E-state index >= 15 is 0 Å². The topological polar surface area (TPSA) is 87.7 Å². The Morgan fingerprint density at radius 1 is 0.943 bits per heavy atom. The van der Waals surface area contributed by atoms with Crippen molar-refractivity contribution >= 4 is 28.5 Å². The zero-order valence-electron chi connectivity index (χ0n) is 19.2. The first-order valence-electron chi connectivity index (χ1n) is 11.0. The van der Waals surface area contributed by atoms with E-state index in [1.807, 2.05) is 18.7 Å². The van der Waals surface area contributed by atoms with Gasteiger partial charge in [-0.25, -0.2) is 9.97 Å². The standard InChI is InChI=1S/C24H24F3N5O3/c1-15-16(2)29-21-13-17(3-8-20(21)28-15)23(34)32-11-9-31(10-12-32)14-22(33)30-18-4-6-19(7-5-18)35-24(25,26)27/h3-8,13H,9-12,14H2,1-2H3,(H,30,33). The van der Waals surface area contributed by atoms with E-state index in [0.29, 0.717) is 42.9 Å².